The third-order valence-electron chi connectivity index (χ3n) is 2.93. The number of morpholine rings is 1. The first-order chi connectivity index (χ1) is 6.02. The van der Waals surface area contributed by atoms with E-state index in [1.165, 1.54) is 0 Å². The molecule has 0 aliphatic carbocycles. The number of hydrogen-bond donors (Lipinski definition) is 0. The molecule has 2 aliphatic heterocycles. The van der Waals surface area contributed by atoms with E-state index in [2.05, 4.69) is 25.7 Å². The molecule has 0 saturated carbocycles. The Bertz CT molecular complexity index is 194. The average molecular weight is 185 g/mol. The molecule has 0 bridgehead atoms. The fourth-order valence-corrected chi connectivity index (χ4v) is 1.92. The molecule has 0 aromatic rings. The van der Waals surface area contributed by atoms with Crippen LogP contribution in [0.3, 0.4) is 0 Å². The highest BCUT2D eigenvalue weighted by atomic mass is 16.6. The molecule has 0 atom stereocenters. The predicted molar refractivity (Wildman–Crippen MR) is 50.8 cm³/mol. The zero-order valence-corrected chi connectivity index (χ0v) is 8.80. The topological polar surface area (TPSA) is 21.7 Å². The van der Waals surface area contributed by atoms with Crippen molar-refractivity contribution in [2.75, 3.05) is 32.9 Å². The summed E-state index contributed by atoms with van der Waals surface area (Å²) in [6, 6.07) is 0. The number of rotatable bonds is 0. The van der Waals surface area contributed by atoms with Crippen LogP contribution in [0.25, 0.3) is 0 Å². The summed E-state index contributed by atoms with van der Waals surface area (Å²) in [5.41, 5.74) is 0.290. The fourth-order valence-electron chi connectivity index (χ4n) is 1.92. The minimum absolute atomic E-state index is 0.0333. The molecule has 2 heterocycles. The highest BCUT2D eigenvalue weighted by Crippen LogP contribution is 2.29. The summed E-state index contributed by atoms with van der Waals surface area (Å²) in [6.07, 6.45) is 0. The lowest BCUT2D eigenvalue weighted by molar-refractivity contribution is -0.245. The van der Waals surface area contributed by atoms with Gasteiger partial charge < -0.3 is 9.47 Å². The van der Waals surface area contributed by atoms with Crippen LogP contribution in [0.5, 0.6) is 0 Å². The first-order valence-corrected chi connectivity index (χ1v) is 4.99. The second kappa shape index (κ2) is 2.94. The first kappa shape index (κ1) is 9.44. The van der Waals surface area contributed by atoms with Crippen LogP contribution >= 0.6 is 0 Å². The van der Waals surface area contributed by atoms with Crippen LogP contribution in [-0.2, 0) is 9.47 Å². The highest BCUT2D eigenvalue weighted by molar-refractivity contribution is 4.96. The zero-order chi connectivity index (χ0) is 9.53. The largest absolute Gasteiger partial charge is 0.375 e. The van der Waals surface area contributed by atoms with Crippen molar-refractivity contribution in [2.45, 2.75) is 31.9 Å². The van der Waals surface area contributed by atoms with Gasteiger partial charge in [0.1, 0.15) is 5.60 Å². The molecule has 0 aromatic heterocycles. The second-order valence-electron chi connectivity index (χ2n) is 5.12. The molecule has 2 aliphatic rings. The van der Waals surface area contributed by atoms with Crippen molar-refractivity contribution in [3.8, 4) is 0 Å². The molecular weight excluding hydrogens is 166 g/mol. The summed E-state index contributed by atoms with van der Waals surface area (Å²) < 4.78 is 11.0. The van der Waals surface area contributed by atoms with E-state index in [0.717, 1.165) is 32.9 Å². The minimum atomic E-state index is 0.0333. The molecule has 1 spiro atoms. The standard InChI is InChI=1S/C10H19NO2/c1-9(2,3)11-4-5-13-10(6-11)7-12-8-10/h4-8H2,1-3H3. The summed E-state index contributed by atoms with van der Waals surface area (Å²) in [5, 5.41) is 0. The Balaban J connectivity index is 2.00. The minimum Gasteiger partial charge on any atom is -0.375 e. The monoisotopic (exact) mass is 185 g/mol. The van der Waals surface area contributed by atoms with Crippen LogP contribution < -0.4 is 0 Å². The summed E-state index contributed by atoms with van der Waals surface area (Å²) in [7, 11) is 0. The highest BCUT2D eigenvalue weighted by Gasteiger charge is 2.45. The lowest BCUT2D eigenvalue weighted by atomic mass is 9.95. The maximum Gasteiger partial charge on any atom is 0.127 e. The summed E-state index contributed by atoms with van der Waals surface area (Å²) >= 11 is 0. The van der Waals surface area contributed by atoms with Gasteiger partial charge in [0.2, 0.25) is 0 Å². The quantitative estimate of drug-likeness (QED) is 0.559. The van der Waals surface area contributed by atoms with Crippen molar-refractivity contribution in [3.05, 3.63) is 0 Å². The van der Waals surface area contributed by atoms with E-state index >= 15 is 0 Å². The van der Waals surface area contributed by atoms with Crippen molar-refractivity contribution in [3.63, 3.8) is 0 Å². The van der Waals surface area contributed by atoms with Gasteiger partial charge in [-0.1, -0.05) is 0 Å². The molecule has 0 unspecified atom stereocenters. The van der Waals surface area contributed by atoms with E-state index in [1.54, 1.807) is 0 Å². The van der Waals surface area contributed by atoms with Gasteiger partial charge in [-0.2, -0.15) is 0 Å². The van der Waals surface area contributed by atoms with Crippen molar-refractivity contribution in [1.82, 2.24) is 4.90 Å². The molecule has 2 rings (SSSR count). The molecule has 76 valence electrons. The lowest BCUT2D eigenvalue weighted by Gasteiger charge is -2.51. The zero-order valence-electron chi connectivity index (χ0n) is 8.80. The van der Waals surface area contributed by atoms with Crippen LogP contribution in [-0.4, -0.2) is 49.0 Å². The maximum absolute atomic E-state index is 5.76. The van der Waals surface area contributed by atoms with Gasteiger partial charge in [0, 0.05) is 18.6 Å². The van der Waals surface area contributed by atoms with Crippen molar-refractivity contribution < 1.29 is 9.47 Å². The normalized spacial score (nSPS) is 28.8. The van der Waals surface area contributed by atoms with Crippen molar-refractivity contribution in [1.29, 1.82) is 0 Å². The van der Waals surface area contributed by atoms with Gasteiger partial charge in [-0.05, 0) is 20.8 Å². The molecular formula is C10H19NO2. The third kappa shape index (κ3) is 1.73. The number of nitrogens with zero attached hydrogens (tertiary/aromatic N) is 1. The molecule has 3 nitrogen and oxygen atoms in total. The molecule has 2 fully saturated rings. The Hall–Kier alpha value is -0.120. The molecule has 2 saturated heterocycles. The molecule has 13 heavy (non-hydrogen) atoms. The van der Waals surface area contributed by atoms with E-state index in [-0.39, 0.29) is 11.1 Å². The SMILES string of the molecule is CC(C)(C)N1CCOC2(COC2)C1. The Morgan fingerprint density at radius 2 is 1.92 bits per heavy atom. The van der Waals surface area contributed by atoms with Gasteiger partial charge in [0.25, 0.3) is 0 Å². The van der Waals surface area contributed by atoms with Gasteiger partial charge in [0.15, 0.2) is 0 Å². The van der Waals surface area contributed by atoms with Gasteiger partial charge in [0.05, 0.1) is 19.8 Å². The van der Waals surface area contributed by atoms with Crippen LogP contribution in [0, 0.1) is 0 Å². The smallest absolute Gasteiger partial charge is 0.127 e. The van der Waals surface area contributed by atoms with Gasteiger partial charge in [-0.15, -0.1) is 0 Å². The molecule has 0 aromatic carbocycles. The Kier molecular flexibility index (Phi) is 2.13. The Labute approximate surface area is 80.0 Å². The molecule has 0 amide bonds. The van der Waals surface area contributed by atoms with Gasteiger partial charge in [-0.25, -0.2) is 0 Å². The predicted octanol–water partition coefficient (Wildman–Crippen LogP) is 0.886. The van der Waals surface area contributed by atoms with E-state index in [0.29, 0.717) is 0 Å². The third-order valence-corrected chi connectivity index (χ3v) is 2.93. The summed E-state index contributed by atoms with van der Waals surface area (Å²) in [4.78, 5) is 2.49. The molecule has 3 heteroatoms. The molecule has 0 N–H and O–H groups in total. The maximum atomic E-state index is 5.76. The summed E-state index contributed by atoms with van der Waals surface area (Å²) in [6.45, 7) is 11.2. The van der Waals surface area contributed by atoms with Crippen LogP contribution in [0.1, 0.15) is 20.8 Å². The summed E-state index contributed by atoms with van der Waals surface area (Å²) in [5.74, 6) is 0. The molecule has 0 radical (unpaired) electrons. The fraction of sp³-hybridized carbons (Fsp3) is 1.00. The van der Waals surface area contributed by atoms with Gasteiger partial charge in [-0.3, -0.25) is 4.90 Å². The number of hydrogen-bond acceptors (Lipinski definition) is 3. The van der Waals surface area contributed by atoms with E-state index < -0.39 is 0 Å². The Morgan fingerprint density at radius 1 is 1.23 bits per heavy atom. The Morgan fingerprint density at radius 3 is 2.38 bits per heavy atom. The van der Waals surface area contributed by atoms with Crippen LogP contribution in [0.15, 0.2) is 0 Å². The number of ether oxygens (including phenoxy) is 2. The van der Waals surface area contributed by atoms with Crippen LogP contribution in [0.2, 0.25) is 0 Å². The van der Waals surface area contributed by atoms with E-state index in [9.17, 15) is 0 Å². The van der Waals surface area contributed by atoms with Crippen molar-refractivity contribution >= 4 is 0 Å². The van der Waals surface area contributed by atoms with Crippen molar-refractivity contribution in [2.24, 2.45) is 0 Å². The van der Waals surface area contributed by atoms with Crippen LogP contribution in [0.4, 0.5) is 0 Å². The lowest BCUT2D eigenvalue weighted by Crippen LogP contribution is -2.65. The van der Waals surface area contributed by atoms with E-state index in [1.807, 2.05) is 0 Å². The average Bonchev–Trinajstić information content (AvgIpc) is 2.00. The first-order valence-electron chi connectivity index (χ1n) is 4.99. The second-order valence-corrected chi connectivity index (χ2v) is 5.12. The van der Waals surface area contributed by atoms with E-state index in [4.69, 9.17) is 9.47 Å². The van der Waals surface area contributed by atoms with Gasteiger partial charge >= 0.3 is 0 Å².